The van der Waals surface area contributed by atoms with E-state index in [9.17, 15) is 9.18 Å². The van der Waals surface area contributed by atoms with Gasteiger partial charge in [0.1, 0.15) is 5.82 Å². The van der Waals surface area contributed by atoms with Gasteiger partial charge in [0.25, 0.3) is 0 Å². The molecule has 21 heavy (non-hydrogen) atoms. The lowest BCUT2D eigenvalue weighted by atomic mass is 10.1. The van der Waals surface area contributed by atoms with E-state index in [0.29, 0.717) is 11.7 Å². The van der Waals surface area contributed by atoms with Crippen LogP contribution in [-0.2, 0) is 4.79 Å². The quantitative estimate of drug-likeness (QED) is 0.760. The van der Waals surface area contributed by atoms with Crippen LogP contribution in [0.1, 0.15) is 20.3 Å². The van der Waals surface area contributed by atoms with Crippen LogP contribution in [0.15, 0.2) is 18.2 Å². The first kappa shape index (κ1) is 17.8. The number of nitrogens with zero attached hydrogens (tertiary/aromatic N) is 1. The van der Waals surface area contributed by atoms with Crippen LogP contribution >= 0.6 is 11.8 Å². The first-order chi connectivity index (χ1) is 9.90. The maximum absolute atomic E-state index is 13.7. The van der Waals surface area contributed by atoms with Crippen LogP contribution in [0.3, 0.4) is 0 Å². The molecule has 0 aliphatic rings. The molecule has 2 atom stereocenters. The Kier molecular flexibility index (Phi) is 6.98. The van der Waals surface area contributed by atoms with Crippen molar-refractivity contribution < 1.29 is 9.18 Å². The van der Waals surface area contributed by atoms with Crippen molar-refractivity contribution in [1.29, 1.82) is 0 Å². The first-order valence-electron chi connectivity index (χ1n) is 6.97. The van der Waals surface area contributed by atoms with Crippen molar-refractivity contribution in [3.8, 4) is 0 Å². The maximum Gasteiger partial charge on any atom is 0.241 e. The summed E-state index contributed by atoms with van der Waals surface area (Å²) in [6.07, 6.45) is 3.00. The molecule has 1 aromatic rings. The van der Waals surface area contributed by atoms with Crippen molar-refractivity contribution in [2.45, 2.75) is 32.4 Å². The molecule has 1 amide bonds. The van der Waals surface area contributed by atoms with Crippen molar-refractivity contribution in [3.05, 3.63) is 24.0 Å². The van der Waals surface area contributed by atoms with Crippen LogP contribution in [0, 0.1) is 5.82 Å². The van der Waals surface area contributed by atoms with E-state index in [1.54, 1.807) is 11.8 Å². The number of carbonyl (C=O) groups excluding carboxylic acids is 1. The summed E-state index contributed by atoms with van der Waals surface area (Å²) >= 11 is 1.75. The number of thioether (sulfide) groups is 1. The standard InChI is InChI=1S/C15H24FN3OS/c1-5-12(9-21-4)19(3)10(2)15(20)18-14-8-11(17)6-7-13(14)16/h6-8,10,12H,5,9,17H2,1-4H3,(H,18,20). The highest BCUT2D eigenvalue weighted by Crippen LogP contribution is 2.19. The molecule has 3 N–H and O–H groups in total. The van der Waals surface area contributed by atoms with Crippen LogP contribution in [0.5, 0.6) is 0 Å². The topological polar surface area (TPSA) is 58.4 Å². The molecule has 0 saturated carbocycles. The largest absolute Gasteiger partial charge is 0.399 e. The number of rotatable bonds is 7. The highest BCUT2D eigenvalue weighted by molar-refractivity contribution is 7.98. The van der Waals surface area contributed by atoms with E-state index in [0.717, 1.165) is 12.2 Å². The van der Waals surface area contributed by atoms with Gasteiger partial charge in [0.2, 0.25) is 5.91 Å². The maximum atomic E-state index is 13.7. The van der Waals surface area contributed by atoms with E-state index in [1.807, 2.05) is 25.1 Å². The molecule has 0 heterocycles. The normalized spacial score (nSPS) is 14.0. The number of amides is 1. The second-order valence-electron chi connectivity index (χ2n) is 5.09. The fourth-order valence-electron chi connectivity index (χ4n) is 2.09. The van der Waals surface area contributed by atoms with Crippen LogP contribution < -0.4 is 11.1 Å². The van der Waals surface area contributed by atoms with E-state index in [2.05, 4.69) is 12.2 Å². The smallest absolute Gasteiger partial charge is 0.241 e. The number of halogens is 1. The zero-order chi connectivity index (χ0) is 16.0. The minimum Gasteiger partial charge on any atom is -0.399 e. The van der Waals surface area contributed by atoms with Gasteiger partial charge < -0.3 is 11.1 Å². The number of benzene rings is 1. The Hall–Kier alpha value is -1.27. The molecule has 0 radical (unpaired) electrons. The van der Waals surface area contributed by atoms with Crippen molar-refractivity contribution >= 4 is 29.0 Å². The molecule has 0 saturated heterocycles. The number of carbonyl (C=O) groups is 1. The Labute approximate surface area is 130 Å². The molecule has 4 nitrogen and oxygen atoms in total. The predicted octanol–water partition coefficient (Wildman–Crippen LogP) is 2.81. The Morgan fingerprint density at radius 3 is 2.76 bits per heavy atom. The van der Waals surface area contributed by atoms with Crippen LogP contribution in [-0.4, -0.2) is 41.9 Å². The number of likely N-dealkylation sites (N-methyl/N-ethyl adjacent to an activating group) is 1. The monoisotopic (exact) mass is 313 g/mol. The third-order valence-corrected chi connectivity index (χ3v) is 4.36. The van der Waals surface area contributed by atoms with Crippen molar-refractivity contribution in [3.63, 3.8) is 0 Å². The lowest BCUT2D eigenvalue weighted by Gasteiger charge is -2.31. The van der Waals surface area contributed by atoms with Gasteiger partial charge in [-0.3, -0.25) is 9.69 Å². The highest BCUT2D eigenvalue weighted by atomic mass is 32.2. The summed E-state index contributed by atoms with van der Waals surface area (Å²) in [6.45, 7) is 3.92. The van der Waals surface area contributed by atoms with E-state index < -0.39 is 5.82 Å². The van der Waals surface area contributed by atoms with Gasteiger partial charge in [-0.25, -0.2) is 4.39 Å². The van der Waals surface area contributed by atoms with E-state index in [1.165, 1.54) is 18.2 Å². The molecular weight excluding hydrogens is 289 g/mol. The molecule has 0 fully saturated rings. The lowest BCUT2D eigenvalue weighted by Crippen LogP contribution is -2.46. The lowest BCUT2D eigenvalue weighted by molar-refractivity contribution is -0.120. The fraction of sp³-hybridized carbons (Fsp3) is 0.533. The van der Waals surface area contributed by atoms with Crippen LogP contribution in [0.25, 0.3) is 0 Å². The van der Waals surface area contributed by atoms with Gasteiger partial charge in [-0.1, -0.05) is 6.92 Å². The molecule has 0 bridgehead atoms. The summed E-state index contributed by atoms with van der Waals surface area (Å²) in [7, 11) is 1.92. The first-order valence-corrected chi connectivity index (χ1v) is 8.36. The second kappa shape index (κ2) is 8.24. The van der Waals surface area contributed by atoms with Gasteiger partial charge >= 0.3 is 0 Å². The zero-order valence-corrected chi connectivity index (χ0v) is 13.8. The summed E-state index contributed by atoms with van der Waals surface area (Å²) in [6, 6.07) is 4.11. The van der Waals surface area contributed by atoms with Crippen LogP contribution in [0.4, 0.5) is 15.8 Å². The van der Waals surface area contributed by atoms with Gasteiger partial charge in [0.05, 0.1) is 11.7 Å². The molecule has 1 rings (SSSR count). The molecule has 1 aromatic carbocycles. The SMILES string of the molecule is CCC(CSC)N(C)C(C)C(=O)Nc1cc(N)ccc1F. The van der Waals surface area contributed by atoms with Gasteiger partial charge in [-0.05, 0) is 44.8 Å². The Balaban J connectivity index is 2.76. The van der Waals surface area contributed by atoms with Gasteiger partial charge in [-0.2, -0.15) is 11.8 Å². The molecule has 0 spiro atoms. The van der Waals surface area contributed by atoms with E-state index >= 15 is 0 Å². The minimum absolute atomic E-state index is 0.123. The molecule has 0 aliphatic carbocycles. The number of hydrogen-bond acceptors (Lipinski definition) is 4. The van der Waals surface area contributed by atoms with Crippen molar-refractivity contribution in [2.24, 2.45) is 0 Å². The number of hydrogen-bond donors (Lipinski definition) is 2. The van der Waals surface area contributed by atoms with Gasteiger partial charge in [0, 0.05) is 17.5 Å². The Morgan fingerprint density at radius 2 is 2.19 bits per heavy atom. The average molecular weight is 313 g/mol. The van der Waals surface area contributed by atoms with Gasteiger partial charge in [0.15, 0.2) is 0 Å². The highest BCUT2D eigenvalue weighted by Gasteiger charge is 2.24. The average Bonchev–Trinajstić information content (AvgIpc) is 2.46. The summed E-state index contributed by atoms with van der Waals surface area (Å²) in [4.78, 5) is 14.3. The number of anilines is 2. The molecule has 2 unspecified atom stereocenters. The molecule has 118 valence electrons. The fourth-order valence-corrected chi connectivity index (χ4v) is 2.95. The van der Waals surface area contributed by atoms with E-state index in [4.69, 9.17) is 5.73 Å². The summed E-state index contributed by atoms with van der Waals surface area (Å²) in [5.41, 5.74) is 6.16. The number of nitrogens with two attached hydrogens (primary N) is 1. The Bertz CT molecular complexity index is 484. The predicted molar refractivity (Wildman–Crippen MR) is 89.1 cm³/mol. The number of nitrogens with one attached hydrogen (secondary N) is 1. The second-order valence-corrected chi connectivity index (χ2v) is 6.00. The summed E-state index contributed by atoms with van der Waals surface area (Å²) in [5.74, 6) is 0.238. The third kappa shape index (κ3) is 4.89. The van der Waals surface area contributed by atoms with Crippen LogP contribution in [0.2, 0.25) is 0 Å². The molecule has 0 aromatic heterocycles. The van der Waals surface area contributed by atoms with Crippen molar-refractivity contribution in [2.75, 3.05) is 30.1 Å². The third-order valence-electron chi connectivity index (χ3n) is 3.64. The van der Waals surface area contributed by atoms with Gasteiger partial charge in [-0.15, -0.1) is 0 Å². The summed E-state index contributed by atoms with van der Waals surface area (Å²) in [5, 5.41) is 2.61. The van der Waals surface area contributed by atoms with Crippen molar-refractivity contribution in [1.82, 2.24) is 4.90 Å². The molecular formula is C15H24FN3OS. The number of nitrogen functional groups attached to an aromatic ring is 1. The minimum atomic E-state index is -0.483. The zero-order valence-electron chi connectivity index (χ0n) is 13.0. The Morgan fingerprint density at radius 1 is 1.52 bits per heavy atom. The summed E-state index contributed by atoms with van der Waals surface area (Å²) < 4.78 is 13.7. The van der Waals surface area contributed by atoms with E-state index in [-0.39, 0.29) is 17.6 Å². The molecule has 0 aliphatic heterocycles. The molecule has 6 heteroatoms.